The number of aliphatic hydroxyl groups is 1. The first-order chi connectivity index (χ1) is 16.6. The van der Waals surface area contributed by atoms with Crippen molar-refractivity contribution in [1.82, 2.24) is 0 Å². The molecule has 0 aromatic heterocycles. The monoisotopic (exact) mass is 461 g/mol. The molecule has 0 radical (unpaired) electrons. The van der Waals surface area contributed by atoms with Gasteiger partial charge in [-0.25, -0.2) is 0 Å². The molecule has 0 bridgehead atoms. The van der Waals surface area contributed by atoms with Gasteiger partial charge in [-0.3, -0.25) is 0 Å². The summed E-state index contributed by atoms with van der Waals surface area (Å²) in [5.74, 6) is 1.01. The van der Waals surface area contributed by atoms with Gasteiger partial charge in [-0.2, -0.15) is 0 Å². The van der Waals surface area contributed by atoms with E-state index in [9.17, 15) is 5.11 Å². The van der Waals surface area contributed by atoms with Crippen LogP contribution in [0.4, 0.5) is 0 Å². The smallest absolute Gasteiger partial charge is 0.199 e. The molecule has 4 nitrogen and oxygen atoms in total. The van der Waals surface area contributed by atoms with Crippen LogP contribution in [0, 0.1) is 5.92 Å². The number of ether oxygens (including phenoxy) is 2. The topological polar surface area (TPSA) is 64.7 Å². The highest BCUT2D eigenvalue weighted by molar-refractivity contribution is 5.45. The molecule has 182 valence electrons. The van der Waals surface area contributed by atoms with Crippen molar-refractivity contribution in [1.29, 1.82) is 0 Å². The van der Waals surface area contributed by atoms with E-state index in [1.165, 1.54) is 11.1 Å². The second-order valence-electron chi connectivity index (χ2n) is 9.50. The molecule has 2 aliphatic rings. The summed E-state index contributed by atoms with van der Waals surface area (Å²) in [5.41, 5.74) is 11.6. The number of hydrogen-bond acceptors (Lipinski definition) is 4. The number of allylic oxidation sites excluding steroid dienone is 3. The van der Waals surface area contributed by atoms with Crippen molar-refractivity contribution in [2.75, 3.05) is 13.2 Å². The van der Waals surface area contributed by atoms with Crippen LogP contribution in [-0.2, 0) is 16.7 Å². The minimum absolute atomic E-state index is 0.156. The van der Waals surface area contributed by atoms with Crippen LogP contribution in [0.25, 0.3) is 0 Å². The normalized spacial score (nSPS) is 20.9. The number of rotatable bonds is 10. The molecule has 2 aromatic carbocycles. The second-order valence-corrected chi connectivity index (χ2v) is 9.50. The van der Waals surface area contributed by atoms with Crippen LogP contribution in [0.2, 0.25) is 0 Å². The van der Waals surface area contributed by atoms with E-state index in [0.29, 0.717) is 0 Å². The summed E-state index contributed by atoms with van der Waals surface area (Å²) in [7, 11) is 0. The molecule has 3 atom stereocenters. The third-order valence-corrected chi connectivity index (χ3v) is 7.24. The standard InChI is InChI=1S/C30H39NO3/c1-2-28(24-10-4-3-5-11-24)30(31,25-15-13-23(14-16-25)9-8-21-32)26-17-19-27(20-18-26)34-29-12-6-7-22-33-29/h3-4,10,13-20,28-29,32H,2,5-9,11-12,21-22,31H2,1H3. The number of nitrogens with two attached hydrogens (primary N) is 1. The van der Waals surface area contributed by atoms with Gasteiger partial charge in [0.05, 0.1) is 12.1 Å². The predicted molar refractivity (Wildman–Crippen MR) is 138 cm³/mol. The van der Waals surface area contributed by atoms with Gasteiger partial charge in [-0.15, -0.1) is 0 Å². The molecule has 1 aliphatic heterocycles. The highest BCUT2D eigenvalue weighted by Gasteiger charge is 2.39. The van der Waals surface area contributed by atoms with Crippen molar-refractivity contribution in [3.8, 4) is 5.75 Å². The molecule has 4 rings (SSSR count). The molecule has 0 spiro atoms. The van der Waals surface area contributed by atoms with E-state index < -0.39 is 5.54 Å². The summed E-state index contributed by atoms with van der Waals surface area (Å²) < 4.78 is 11.8. The zero-order chi connectivity index (χ0) is 23.8. The second kappa shape index (κ2) is 11.8. The maximum atomic E-state index is 9.19. The van der Waals surface area contributed by atoms with Crippen LogP contribution < -0.4 is 10.5 Å². The maximum absolute atomic E-state index is 9.19. The van der Waals surface area contributed by atoms with Crippen molar-refractivity contribution < 1.29 is 14.6 Å². The average Bonchev–Trinajstić information content (AvgIpc) is 2.90. The van der Waals surface area contributed by atoms with E-state index in [1.54, 1.807) is 0 Å². The molecular weight excluding hydrogens is 422 g/mol. The Hall–Kier alpha value is -2.40. The third kappa shape index (κ3) is 5.63. The van der Waals surface area contributed by atoms with E-state index in [4.69, 9.17) is 15.2 Å². The van der Waals surface area contributed by atoms with Gasteiger partial charge in [0.25, 0.3) is 0 Å². The fourth-order valence-corrected chi connectivity index (χ4v) is 5.35. The fourth-order valence-electron chi connectivity index (χ4n) is 5.35. The van der Waals surface area contributed by atoms with Crippen LogP contribution in [0.3, 0.4) is 0 Å². The van der Waals surface area contributed by atoms with Gasteiger partial charge in [-0.1, -0.05) is 67.1 Å². The highest BCUT2D eigenvalue weighted by Crippen LogP contribution is 2.42. The van der Waals surface area contributed by atoms with Crippen LogP contribution >= 0.6 is 0 Å². The van der Waals surface area contributed by atoms with Crippen LogP contribution in [0.1, 0.15) is 68.6 Å². The summed E-state index contributed by atoms with van der Waals surface area (Å²) in [6, 6.07) is 17.0. The lowest BCUT2D eigenvalue weighted by Gasteiger charge is -2.40. The van der Waals surface area contributed by atoms with Crippen molar-refractivity contribution in [2.45, 2.75) is 70.1 Å². The summed E-state index contributed by atoms with van der Waals surface area (Å²) in [6.45, 7) is 3.21. The van der Waals surface area contributed by atoms with Gasteiger partial charge in [0.1, 0.15) is 5.75 Å². The first kappa shape index (κ1) is 24.7. The van der Waals surface area contributed by atoms with Crippen LogP contribution in [0.15, 0.2) is 72.3 Å². The van der Waals surface area contributed by atoms with Crippen molar-refractivity contribution in [3.63, 3.8) is 0 Å². The molecule has 1 saturated heterocycles. The van der Waals surface area contributed by atoms with Gasteiger partial charge in [0.2, 0.25) is 0 Å². The van der Waals surface area contributed by atoms with E-state index >= 15 is 0 Å². The van der Waals surface area contributed by atoms with Gasteiger partial charge >= 0.3 is 0 Å². The van der Waals surface area contributed by atoms with E-state index in [2.05, 4.69) is 61.5 Å². The van der Waals surface area contributed by atoms with Crippen LogP contribution in [0.5, 0.6) is 5.75 Å². The van der Waals surface area contributed by atoms with E-state index in [0.717, 1.165) is 74.8 Å². The number of aryl methyl sites for hydroxylation is 1. The Kier molecular flexibility index (Phi) is 8.60. The Balaban J connectivity index is 1.66. The van der Waals surface area contributed by atoms with Gasteiger partial charge in [0.15, 0.2) is 6.29 Å². The van der Waals surface area contributed by atoms with Crippen molar-refractivity contribution >= 4 is 0 Å². The molecule has 0 saturated carbocycles. The Morgan fingerprint density at radius 2 is 1.82 bits per heavy atom. The minimum atomic E-state index is -0.652. The van der Waals surface area contributed by atoms with Gasteiger partial charge in [0, 0.05) is 18.9 Å². The maximum Gasteiger partial charge on any atom is 0.199 e. The first-order valence-corrected chi connectivity index (χ1v) is 12.9. The molecule has 1 aliphatic carbocycles. The third-order valence-electron chi connectivity index (χ3n) is 7.24. The van der Waals surface area contributed by atoms with E-state index in [-0.39, 0.29) is 18.8 Å². The molecule has 4 heteroatoms. The Labute approximate surface area is 204 Å². The largest absolute Gasteiger partial charge is 0.465 e. The lowest BCUT2D eigenvalue weighted by atomic mass is 9.68. The Morgan fingerprint density at radius 1 is 1.09 bits per heavy atom. The summed E-state index contributed by atoms with van der Waals surface area (Å²) >= 11 is 0. The number of benzene rings is 2. The number of hydrogen-bond donors (Lipinski definition) is 2. The summed E-state index contributed by atoms with van der Waals surface area (Å²) in [4.78, 5) is 0. The molecule has 3 N–H and O–H groups in total. The Bertz CT molecular complexity index is 958. The Morgan fingerprint density at radius 3 is 2.41 bits per heavy atom. The molecule has 2 aromatic rings. The fraction of sp³-hybridized carbons (Fsp3) is 0.467. The molecule has 1 fully saturated rings. The lowest BCUT2D eigenvalue weighted by Crippen LogP contribution is -2.46. The quantitative estimate of drug-likeness (QED) is 0.454. The summed E-state index contributed by atoms with van der Waals surface area (Å²) in [6.07, 6.45) is 14.4. The number of aliphatic hydroxyl groups excluding tert-OH is 1. The zero-order valence-corrected chi connectivity index (χ0v) is 20.4. The van der Waals surface area contributed by atoms with Crippen LogP contribution in [-0.4, -0.2) is 24.6 Å². The molecule has 34 heavy (non-hydrogen) atoms. The molecule has 0 amide bonds. The molecular formula is C30H39NO3. The predicted octanol–water partition coefficient (Wildman–Crippen LogP) is 6.02. The lowest BCUT2D eigenvalue weighted by molar-refractivity contribution is -0.105. The SMILES string of the molecule is CCC(C1=CC=CCC1)C(N)(c1ccc(CCCO)cc1)c1ccc(OC2CCCCO2)cc1. The molecule has 3 unspecified atom stereocenters. The van der Waals surface area contributed by atoms with Crippen molar-refractivity contribution in [3.05, 3.63) is 89.0 Å². The zero-order valence-electron chi connectivity index (χ0n) is 20.4. The average molecular weight is 462 g/mol. The van der Waals surface area contributed by atoms with Gasteiger partial charge < -0.3 is 20.3 Å². The van der Waals surface area contributed by atoms with E-state index in [1.807, 2.05) is 12.1 Å². The van der Waals surface area contributed by atoms with Gasteiger partial charge in [-0.05, 0) is 73.8 Å². The highest BCUT2D eigenvalue weighted by atomic mass is 16.7. The first-order valence-electron chi connectivity index (χ1n) is 12.9. The summed E-state index contributed by atoms with van der Waals surface area (Å²) in [5, 5.41) is 9.19. The minimum Gasteiger partial charge on any atom is -0.465 e. The van der Waals surface area contributed by atoms with Crippen molar-refractivity contribution in [2.24, 2.45) is 11.7 Å². The molecule has 1 heterocycles.